The Bertz CT molecular complexity index is 1990. The molecule has 0 aliphatic heterocycles. The predicted molar refractivity (Wildman–Crippen MR) is 241 cm³/mol. The summed E-state index contributed by atoms with van der Waals surface area (Å²) < 4.78 is 11.3. The van der Waals surface area contributed by atoms with Crippen molar-refractivity contribution in [2.75, 3.05) is 0 Å². The monoisotopic (exact) mass is 823 g/mol. The van der Waals surface area contributed by atoms with Crippen LogP contribution < -0.4 is 10.6 Å². The number of fused-ring (bicyclic) bond motifs is 2. The molecule has 2 amide bonds. The first-order chi connectivity index (χ1) is 28.0. The van der Waals surface area contributed by atoms with E-state index < -0.39 is 23.4 Å². The molecule has 6 fully saturated rings. The van der Waals surface area contributed by atoms with Gasteiger partial charge in [0.25, 0.3) is 0 Å². The summed E-state index contributed by atoms with van der Waals surface area (Å²) in [4.78, 5) is 43.1. The van der Waals surface area contributed by atoms with E-state index in [1.165, 1.54) is 75.3 Å². The van der Waals surface area contributed by atoms with Crippen LogP contribution in [0.4, 0.5) is 9.59 Å². The number of imidazole rings is 2. The molecule has 4 atom stereocenters. The number of nitrogens with one attached hydrogen (secondary N) is 4. The van der Waals surface area contributed by atoms with E-state index in [1.54, 1.807) is 0 Å². The van der Waals surface area contributed by atoms with Crippen LogP contribution in [-0.4, -0.2) is 43.3 Å². The number of H-pyrrole nitrogens is 2. The van der Waals surface area contributed by atoms with E-state index >= 15 is 0 Å². The molecule has 0 spiro atoms. The molecule has 10 nitrogen and oxygen atoms in total. The summed E-state index contributed by atoms with van der Waals surface area (Å²) in [5.74, 6) is 5.44. The molecule has 10 heteroatoms. The number of rotatable bonds is 6. The highest BCUT2D eigenvalue weighted by Gasteiger charge is 2.39. The van der Waals surface area contributed by atoms with Crippen molar-refractivity contribution < 1.29 is 19.1 Å². The summed E-state index contributed by atoms with van der Waals surface area (Å²) in [6.07, 6.45) is 12.1. The number of amides is 2. The van der Waals surface area contributed by atoms with Crippen molar-refractivity contribution in [2.45, 2.75) is 182 Å². The van der Waals surface area contributed by atoms with Crippen LogP contribution in [0.3, 0.4) is 0 Å². The van der Waals surface area contributed by atoms with Crippen molar-refractivity contribution >= 4 is 34.3 Å². The minimum atomic E-state index is -0.577. The van der Waals surface area contributed by atoms with Crippen molar-refractivity contribution in [1.29, 1.82) is 0 Å². The lowest BCUT2D eigenvalue weighted by molar-refractivity contribution is 0.0448. The minimum absolute atomic E-state index is 0.272. The highest BCUT2D eigenvalue weighted by atomic mass is 16.6. The first kappa shape index (κ1) is 44.0. The number of benzene rings is 2. The number of carbonyl (C=O) groups is 2. The van der Waals surface area contributed by atoms with Gasteiger partial charge >= 0.3 is 12.2 Å². The molecule has 6 aliphatic rings. The van der Waals surface area contributed by atoms with Gasteiger partial charge in [-0.25, -0.2) is 19.6 Å². The molecule has 0 saturated heterocycles. The van der Waals surface area contributed by atoms with Gasteiger partial charge in [-0.05, 0) is 162 Å². The molecule has 0 radical (unpaired) electrons. The number of aromatic nitrogens is 4. The summed E-state index contributed by atoms with van der Waals surface area (Å²) in [7, 11) is 0. The summed E-state index contributed by atoms with van der Waals surface area (Å²) in [5.41, 5.74) is 5.13. The summed E-state index contributed by atoms with van der Waals surface area (Å²) in [6.45, 7) is 24.0. The Morgan fingerprint density at radius 2 is 0.917 bits per heavy atom. The van der Waals surface area contributed by atoms with E-state index in [0.717, 1.165) is 45.6 Å². The molecule has 2 aromatic heterocycles. The van der Waals surface area contributed by atoms with Gasteiger partial charge in [-0.2, -0.15) is 0 Å². The van der Waals surface area contributed by atoms with Crippen LogP contribution >= 0.6 is 0 Å². The van der Waals surface area contributed by atoms with Crippen LogP contribution in [0, 0.1) is 34.5 Å². The third-order valence-electron chi connectivity index (χ3n) is 13.6. The molecule has 6 saturated carbocycles. The highest BCUT2D eigenvalue weighted by molar-refractivity contribution is 5.77. The Balaban J connectivity index is 1.07. The van der Waals surface area contributed by atoms with E-state index in [1.807, 2.05) is 41.5 Å². The van der Waals surface area contributed by atoms with Gasteiger partial charge in [-0.1, -0.05) is 79.4 Å². The lowest BCUT2D eigenvalue weighted by Crippen LogP contribution is -2.40. The van der Waals surface area contributed by atoms with Crippen molar-refractivity contribution in [2.24, 2.45) is 34.5 Å². The number of alkyl carbamates (subject to hydrolysis) is 2. The van der Waals surface area contributed by atoms with Gasteiger partial charge in [0.1, 0.15) is 22.9 Å². The molecule has 328 valence electrons. The Labute approximate surface area is 358 Å². The molecular weight excluding hydrogens is 749 g/mol. The fourth-order valence-corrected chi connectivity index (χ4v) is 10.6. The first-order valence-electron chi connectivity index (χ1n) is 23.0. The molecule has 6 aliphatic carbocycles. The minimum Gasteiger partial charge on any atom is -0.444 e. The normalized spacial score (nSPS) is 25.3. The van der Waals surface area contributed by atoms with Gasteiger partial charge in [-0.15, -0.1) is 0 Å². The first-order valence-corrected chi connectivity index (χ1v) is 23.0. The van der Waals surface area contributed by atoms with E-state index in [2.05, 4.69) is 98.5 Å². The molecule has 4 N–H and O–H groups in total. The maximum Gasteiger partial charge on any atom is 0.408 e. The average molecular weight is 823 g/mol. The van der Waals surface area contributed by atoms with Crippen molar-refractivity contribution in [1.82, 2.24) is 30.6 Å². The smallest absolute Gasteiger partial charge is 0.408 e. The van der Waals surface area contributed by atoms with Crippen molar-refractivity contribution in [3.63, 3.8) is 0 Å². The van der Waals surface area contributed by atoms with Crippen molar-refractivity contribution in [3.8, 4) is 0 Å². The molecule has 2 aromatic carbocycles. The second-order valence-electron chi connectivity index (χ2n) is 22.9. The van der Waals surface area contributed by atoms with Gasteiger partial charge in [-0.3, -0.25) is 0 Å². The molecule has 4 bridgehead atoms. The average Bonchev–Trinajstić information content (AvgIpc) is 3.74. The van der Waals surface area contributed by atoms with Crippen molar-refractivity contribution in [3.05, 3.63) is 59.2 Å². The molecule has 0 unspecified atom stereocenters. The quantitative estimate of drug-likeness (QED) is 0.153. The predicted octanol–water partition coefficient (Wildman–Crippen LogP) is 12.9. The largest absolute Gasteiger partial charge is 0.444 e. The fourth-order valence-electron chi connectivity index (χ4n) is 10.6. The summed E-state index contributed by atoms with van der Waals surface area (Å²) in [5, 5.41) is 6.22. The maximum absolute atomic E-state index is 12.9. The van der Waals surface area contributed by atoms with Crippen LogP contribution in [-0.2, 0) is 9.47 Å². The zero-order valence-corrected chi connectivity index (χ0v) is 38.7. The maximum atomic E-state index is 12.9. The van der Waals surface area contributed by atoms with Crippen LogP contribution in [0.1, 0.15) is 194 Å². The highest BCUT2D eigenvalue weighted by Crippen LogP contribution is 2.51. The van der Waals surface area contributed by atoms with Gasteiger partial charge in [0.05, 0.1) is 34.2 Å². The van der Waals surface area contributed by atoms with E-state index in [4.69, 9.17) is 19.4 Å². The second-order valence-corrected chi connectivity index (χ2v) is 22.9. The zero-order valence-electron chi connectivity index (χ0n) is 38.7. The second kappa shape index (κ2) is 16.7. The zero-order chi connectivity index (χ0) is 43.4. The Morgan fingerprint density at radius 3 is 1.23 bits per heavy atom. The number of hydrogen-bond donors (Lipinski definition) is 4. The lowest BCUT2D eigenvalue weighted by Gasteiger charge is -2.42. The van der Waals surface area contributed by atoms with Crippen LogP contribution in [0.25, 0.3) is 22.1 Å². The van der Waals surface area contributed by atoms with Gasteiger partial charge in [0, 0.05) is 0 Å². The van der Waals surface area contributed by atoms with Gasteiger partial charge in [0.2, 0.25) is 0 Å². The van der Waals surface area contributed by atoms with Crippen LogP contribution in [0.5, 0.6) is 0 Å². The number of aromatic amines is 2. The molecule has 10 rings (SSSR count). The van der Waals surface area contributed by atoms with Crippen LogP contribution in [0.15, 0.2) is 36.4 Å². The fraction of sp³-hybridized carbons (Fsp3) is 0.680. The Morgan fingerprint density at radius 1 is 0.567 bits per heavy atom. The van der Waals surface area contributed by atoms with E-state index in [-0.39, 0.29) is 22.9 Å². The van der Waals surface area contributed by atoms with E-state index in [9.17, 15) is 9.59 Å². The molecule has 60 heavy (non-hydrogen) atoms. The number of ether oxygens (including phenoxy) is 2. The number of carbonyl (C=O) groups excluding carboxylic acids is 2. The molecular formula is C50H74N6O4. The molecule has 2 heterocycles. The van der Waals surface area contributed by atoms with Gasteiger partial charge in [0.15, 0.2) is 0 Å². The lowest BCUT2D eigenvalue weighted by atomic mass is 9.63. The Kier molecular flexibility index (Phi) is 12.2. The topological polar surface area (TPSA) is 134 Å². The van der Waals surface area contributed by atoms with Crippen LogP contribution in [0.2, 0.25) is 0 Å². The van der Waals surface area contributed by atoms with Gasteiger partial charge < -0.3 is 30.1 Å². The Hall–Kier alpha value is -4.08. The molecule has 4 aromatic rings. The standard InChI is InChI=1S/C50H74N6O4/c1-47(2,3)41(55-45(57)59-49(7,8)9)43-51-37-23-21-33(27-39(37)53-43)35-25-29-13-17-31(35)19-15-30-14-18-32(20-16-29)36(26-30)34-22-24-38-40(28-34)54-44(52-38)42(48(4,5)6)56-46(58)60-50(10,11)12/h21-24,27-32,35-36,41-42H,13-20,25-26H2,1-12H3,(H,51,53)(H,52,54)(H,55,57)(H,56,58)/t29?,30?,31?,32?,35-,36-,41-,42-/m1/s1. The third kappa shape index (κ3) is 10.5. The summed E-state index contributed by atoms with van der Waals surface area (Å²) in [6, 6.07) is 13.1. The number of nitrogens with zero attached hydrogens (tertiary/aromatic N) is 2. The van der Waals surface area contributed by atoms with E-state index in [0.29, 0.717) is 23.7 Å². The third-order valence-corrected chi connectivity index (χ3v) is 13.6. The number of hydrogen-bond acceptors (Lipinski definition) is 6. The SMILES string of the molecule is CC(C)(C)OC(=O)N[C@H](c1nc2ccc([C@@H]3CC4CCC3CCC3CCC(CC4)[C@H](c4ccc5nc([C@@H](NC(=O)OC(C)(C)C)C(C)(C)C)[nH]c5c4)C3)cc2[nH]1)C(C)(C)C. The summed E-state index contributed by atoms with van der Waals surface area (Å²) >= 11 is 0.